The summed E-state index contributed by atoms with van der Waals surface area (Å²) in [5.41, 5.74) is 0. The monoisotopic (exact) mass is 257 g/mol. The molecule has 0 saturated heterocycles. The molecule has 0 spiro atoms. The third-order valence-corrected chi connectivity index (χ3v) is 3.81. The first-order valence-corrected chi connectivity index (χ1v) is 8.02. The second-order valence-corrected chi connectivity index (χ2v) is 6.27. The molecule has 1 radical (unpaired) electrons. The van der Waals surface area contributed by atoms with Gasteiger partial charge in [0.05, 0.1) is 20.6 Å². The zero-order valence-electron chi connectivity index (χ0n) is 13.0. The Morgan fingerprint density at radius 3 is 1.56 bits per heavy atom. The molecule has 0 rings (SSSR count). The maximum absolute atomic E-state index is 10.6. The molecule has 2 nitrogen and oxygen atoms in total. The summed E-state index contributed by atoms with van der Waals surface area (Å²) in [6.07, 6.45) is 13.9. The van der Waals surface area contributed by atoms with Gasteiger partial charge in [0, 0.05) is 0 Å². The van der Waals surface area contributed by atoms with Crippen LogP contribution >= 0.6 is 0 Å². The van der Waals surface area contributed by atoms with Gasteiger partial charge in [0.1, 0.15) is 13.2 Å². The first kappa shape index (κ1) is 17.9. The molecule has 0 saturated carbocycles. The van der Waals surface area contributed by atoms with E-state index in [-0.39, 0.29) is 6.61 Å². The van der Waals surface area contributed by atoms with Crippen LogP contribution in [0.25, 0.3) is 0 Å². The molecule has 0 heterocycles. The summed E-state index contributed by atoms with van der Waals surface area (Å²) in [6, 6.07) is 0. The molecule has 0 aliphatic carbocycles. The first-order chi connectivity index (χ1) is 8.62. The van der Waals surface area contributed by atoms with E-state index in [1.54, 1.807) is 0 Å². The van der Waals surface area contributed by atoms with Crippen molar-refractivity contribution in [1.29, 1.82) is 0 Å². The van der Waals surface area contributed by atoms with Crippen molar-refractivity contribution in [3.8, 4) is 0 Å². The van der Waals surface area contributed by atoms with E-state index in [0.29, 0.717) is 0 Å². The standard InChI is InChI=1S/C16H35NO/c1-4-5-6-7-8-9-10-11-12-13-14-17(2,3)15-16-18/h4-16H2,1-3H3/q+1. The lowest BCUT2D eigenvalue weighted by atomic mass is 10.1. The Morgan fingerprint density at radius 2 is 1.11 bits per heavy atom. The quantitative estimate of drug-likeness (QED) is 0.344. The third-order valence-electron chi connectivity index (χ3n) is 3.81. The molecule has 0 N–H and O–H groups in total. The zero-order chi connectivity index (χ0) is 13.7. The lowest BCUT2D eigenvalue weighted by molar-refractivity contribution is -0.891. The zero-order valence-corrected chi connectivity index (χ0v) is 13.0. The Labute approximate surface area is 115 Å². The lowest BCUT2D eigenvalue weighted by Gasteiger charge is -2.28. The van der Waals surface area contributed by atoms with Crippen LogP contribution in [0, 0.1) is 0 Å². The molecule has 18 heavy (non-hydrogen) atoms. The smallest absolute Gasteiger partial charge is 0.131 e. The molecule has 0 aromatic heterocycles. The predicted molar refractivity (Wildman–Crippen MR) is 79.2 cm³/mol. The van der Waals surface area contributed by atoms with Gasteiger partial charge in [-0.1, -0.05) is 58.3 Å². The summed E-state index contributed by atoms with van der Waals surface area (Å²) >= 11 is 0. The van der Waals surface area contributed by atoms with Crippen LogP contribution in [0.4, 0.5) is 0 Å². The number of hydrogen-bond donors (Lipinski definition) is 0. The van der Waals surface area contributed by atoms with Crippen LogP contribution in [-0.2, 0) is 5.11 Å². The molecule has 0 fully saturated rings. The van der Waals surface area contributed by atoms with Crippen molar-refractivity contribution in [1.82, 2.24) is 0 Å². The predicted octanol–water partition coefficient (Wildman–Crippen LogP) is 4.41. The number of likely N-dealkylation sites (N-methyl/N-ethyl adjacent to an activating group) is 1. The largest absolute Gasteiger partial charge is 0.326 e. The Bertz CT molecular complexity index is 168. The average molecular weight is 257 g/mol. The van der Waals surface area contributed by atoms with E-state index in [2.05, 4.69) is 21.0 Å². The Kier molecular flexibility index (Phi) is 11.9. The second-order valence-electron chi connectivity index (χ2n) is 6.27. The van der Waals surface area contributed by atoms with Gasteiger partial charge in [0.2, 0.25) is 0 Å². The molecular formula is C16H35NO+. The number of rotatable bonds is 13. The summed E-state index contributed by atoms with van der Waals surface area (Å²) in [5.74, 6) is 0. The molecule has 0 unspecified atom stereocenters. The van der Waals surface area contributed by atoms with Crippen LogP contribution in [0.15, 0.2) is 0 Å². The fraction of sp³-hybridized carbons (Fsp3) is 1.00. The highest BCUT2D eigenvalue weighted by atomic mass is 16.3. The topological polar surface area (TPSA) is 19.9 Å². The van der Waals surface area contributed by atoms with Crippen LogP contribution in [0.1, 0.15) is 71.1 Å². The Morgan fingerprint density at radius 1 is 0.667 bits per heavy atom. The van der Waals surface area contributed by atoms with Gasteiger partial charge in [0.15, 0.2) is 0 Å². The van der Waals surface area contributed by atoms with Crippen LogP contribution in [0.2, 0.25) is 0 Å². The molecule has 0 bridgehead atoms. The average Bonchev–Trinajstić information content (AvgIpc) is 2.31. The Balaban J connectivity index is 3.16. The summed E-state index contributed by atoms with van der Waals surface area (Å²) < 4.78 is 0.903. The minimum Gasteiger partial charge on any atom is -0.326 e. The summed E-state index contributed by atoms with van der Waals surface area (Å²) in [4.78, 5) is 0. The van der Waals surface area contributed by atoms with Crippen molar-refractivity contribution < 1.29 is 9.59 Å². The van der Waals surface area contributed by atoms with Crippen molar-refractivity contribution in [2.24, 2.45) is 0 Å². The molecule has 2 heteroatoms. The summed E-state index contributed by atoms with van der Waals surface area (Å²) in [7, 11) is 4.34. The fourth-order valence-electron chi connectivity index (χ4n) is 2.39. The Hall–Kier alpha value is -0.0800. The van der Waals surface area contributed by atoms with Gasteiger partial charge in [-0.3, -0.25) is 0 Å². The molecule has 0 amide bonds. The highest BCUT2D eigenvalue weighted by Gasteiger charge is 2.12. The van der Waals surface area contributed by atoms with Gasteiger partial charge in [-0.05, 0) is 12.8 Å². The second kappa shape index (κ2) is 12.0. The summed E-state index contributed by atoms with van der Waals surface area (Å²) in [6.45, 7) is 4.27. The number of nitrogens with zero attached hydrogens (tertiary/aromatic N) is 1. The molecule has 0 aliphatic rings. The lowest BCUT2D eigenvalue weighted by Crippen LogP contribution is -2.42. The van der Waals surface area contributed by atoms with Gasteiger partial charge >= 0.3 is 0 Å². The van der Waals surface area contributed by atoms with Crippen LogP contribution in [0.3, 0.4) is 0 Å². The van der Waals surface area contributed by atoms with Gasteiger partial charge < -0.3 is 4.48 Å². The maximum atomic E-state index is 10.6. The van der Waals surface area contributed by atoms with Gasteiger partial charge in [0.25, 0.3) is 0 Å². The van der Waals surface area contributed by atoms with Crippen molar-refractivity contribution in [2.45, 2.75) is 71.1 Å². The van der Waals surface area contributed by atoms with E-state index in [4.69, 9.17) is 0 Å². The molecule has 0 atom stereocenters. The van der Waals surface area contributed by atoms with E-state index in [9.17, 15) is 5.11 Å². The molecule has 109 valence electrons. The highest BCUT2D eigenvalue weighted by Crippen LogP contribution is 2.11. The van der Waals surface area contributed by atoms with Crippen LogP contribution in [-0.4, -0.2) is 38.3 Å². The summed E-state index contributed by atoms with van der Waals surface area (Å²) in [5, 5.41) is 10.6. The van der Waals surface area contributed by atoms with E-state index in [0.717, 1.165) is 11.0 Å². The number of quaternary nitrogens is 1. The van der Waals surface area contributed by atoms with Crippen LogP contribution in [0.5, 0.6) is 0 Å². The van der Waals surface area contributed by atoms with Gasteiger partial charge in [-0.15, -0.1) is 0 Å². The minimum atomic E-state index is 0.0603. The van der Waals surface area contributed by atoms with Crippen molar-refractivity contribution in [3.05, 3.63) is 0 Å². The molecule has 0 aromatic carbocycles. The highest BCUT2D eigenvalue weighted by molar-refractivity contribution is 4.47. The van der Waals surface area contributed by atoms with E-state index in [1.165, 1.54) is 70.8 Å². The molecule has 0 aromatic rings. The molecular weight excluding hydrogens is 222 g/mol. The normalized spacial score (nSPS) is 12.0. The van der Waals surface area contributed by atoms with Crippen molar-refractivity contribution in [3.63, 3.8) is 0 Å². The fourth-order valence-corrected chi connectivity index (χ4v) is 2.39. The SMILES string of the molecule is CCCCCCCCCCCC[N+](C)(C)CC[O]. The van der Waals surface area contributed by atoms with Crippen molar-refractivity contribution >= 4 is 0 Å². The van der Waals surface area contributed by atoms with Crippen molar-refractivity contribution in [2.75, 3.05) is 33.8 Å². The van der Waals surface area contributed by atoms with Gasteiger partial charge in [-0.2, -0.15) is 0 Å². The number of unbranched alkanes of at least 4 members (excludes halogenated alkanes) is 9. The van der Waals surface area contributed by atoms with Crippen LogP contribution < -0.4 is 0 Å². The van der Waals surface area contributed by atoms with E-state index >= 15 is 0 Å². The maximum Gasteiger partial charge on any atom is 0.131 e. The molecule has 0 aliphatic heterocycles. The minimum absolute atomic E-state index is 0.0603. The third kappa shape index (κ3) is 12.4. The van der Waals surface area contributed by atoms with E-state index < -0.39 is 0 Å². The first-order valence-electron chi connectivity index (χ1n) is 8.02. The van der Waals surface area contributed by atoms with E-state index in [1.807, 2.05) is 0 Å². The van der Waals surface area contributed by atoms with Gasteiger partial charge in [-0.25, -0.2) is 5.11 Å². The number of hydrogen-bond acceptors (Lipinski definition) is 0.